The smallest absolute Gasteiger partial charge is 0.295 e. The summed E-state index contributed by atoms with van der Waals surface area (Å²) in [5.41, 5.74) is 2.08. The molecule has 0 N–H and O–H groups in total. The number of hydrogen-bond acceptors (Lipinski definition) is 4. The molecule has 5 rings (SSSR count). The Bertz CT molecular complexity index is 1430. The molecule has 1 aromatic heterocycles. The van der Waals surface area contributed by atoms with Gasteiger partial charge in [0.25, 0.3) is 5.91 Å². The third kappa shape index (κ3) is 4.50. The summed E-state index contributed by atoms with van der Waals surface area (Å²) in [5.74, 6) is 0.534. The minimum Gasteiger partial charge on any atom is -0.494 e. The minimum absolute atomic E-state index is 0.0925. The highest BCUT2D eigenvalue weighted by Gasteiger charge is 2.43. The van der Waals surface area contributed by atoms with Crippen LogP contribution in [0.5, 0.6) is 5.75 Å². The maximum atomic E-state index is 13.6. The number of ether oxygens (including phenoxy) is 1. The Kier molecular flexibility index (Phi) is 6.73. The number of rotatable bonds is 8. The van der Waals surface area contributed by atoms with Crippen molar-refractivity contribution >= 4 is 38.5 Å². The summed E-state index contributed by atoms with van der Waals surface area (Å²) in [6.07, 6.45) is 4.57. The fourth-order valence-electron chi connectivity index (χ4n) is 4.59. The van der Waals surface area contributed by atoms with E-state index in [4.69, 9.17) is 9.15 Å². The van der Waals surface area contributed by atoms with Crippen molar-refractivity contribution in [1.82, 2.24) is 0 Å². The Labute approximate surface area is 212 Å². The number of anilines is 1. The number of para-hydroxylation sites is 1. The standard InChI is InChI=1S/C29H26BrNO4/c1-2-3-4-7-17-34-22-15-13-19(14-16-22)26-25-27(32)23-11-5-6-12-24(23)35-28(25)29(33)31(26)21-10-8-9-20(30)18-21/h5-6,8-16,18,26H,2-4,7,17H2,1H3. The van der Waals surface area contributed by atoms with Gasteiger partial charge in [-0.05, 0) is 54.4 Å². The van der Waals surface area contributed by atoms with E-state index in [-0.39, 0.29) is 17.1 Å². The van der Waals surface area contributed by atoms with E-state index < -0.39 is 6.04 Å². The molecule has 4 aromatic rings. The van der Waals surface area contributed by atoms with Crippen LogP contribution >= 0.6 is 15.9 Å². The van der Waals surface area contributed by atoms with Crippen LogP contribution in [-0.2, 0) is 0 Å². The van der Waals surface area contributed by atoms with Gasteiger partial charge in [0.05, 0.1) is 23.6 Å². The largest absolute Gasteiger partial charge is 0.494 e. The van der Waals surface area contributed by atoms with E-state index in [2.05, 4.69) is 22.9 Å². The van der Waals surface area contributed by atoms with E-state index in [1.54, 1.807) is 29.2 Å². The summed E-state index contributed by atoms with van der Waals surface area (Å²) in [5, 5.41) is 0.465. The van der Waals surface area contributed by atoms with Gasteiger partial charge in [0.15, 0.2) is 5.43 Å². The number of unbranched alkanes of at least 4 members (excludes halogenated alkanes) is 3. The van der Waals surface area contributed by atoms with Crippen LogP contribution in [0.2, 0.25) is 0 Å². The molecular formula is C29H26BrNO4. The van der Waals surface area contributed by atoms with E-state index in [0.29, 0.717) is 28.8 Å². The van der Waals surface area contributed by atoms with Gasteiger partial charge in [0.1, 0.15) is 11.3 Å². The van der Waals surface area contributed by atoms with Gasteiger partial charge in [0.2, 0.25) is 5.76 Å². The third-order valence-electron chi connectivity index (χ3n) is 6.33. The lowest BCUT2D eigenvalue weighted by molar-refractivity contribution is 0.0971. The second-order valence-electron chi connectivity index (χ2n) is 8.71. The summed E-state index contributed by atoms with van der Waals surface area (Å²) >= 11 is 3.50. The van der Waals surface area contributed by atoms with Crippen LogP contribution in [0.3, 0.4) is 0 Å². The van der Waals surface area contributed by atoms with E-state index in [9.17, 15) is 9.59 Å². The van der Waals surface area contributed by atoms with Crippen LogP contribution in [0, 0.1) is 0 Å². The molecule has 0 fully saturated rings. The highest BCUT2D eigenvalue weighted by atomic mass is 79.9. The summed E-state index contributed by atoms with van der Waals surface area (Å²) in [6, 6.07) is 21.6. The SMILES string of the molecule is CCCCCCOc1ccc(C2c3c(oc4ccccc4c3=O)C(=O)N2c2cccc(Br)c2)cc1. The third-order valence-corrected chi connectivity index (χ3v) is 6.82. The van der Waals surface area contributed by atoms with Crippen LogP contribution in [0.1, 0.15) is 60.3 Å². The molecule has 0 radical (unpaired) electrons. The monoisotopic (exact) mass is 531 g/mol. The highest BCUT2D eigenvalue weighted by Crippen LogP contribution is 2.42. The van der Waals surface area contributed by atoms with Crippen molar-refractivity contribution in [2.24, 2.45) is 0 Å². The number of halogens is 1. The van der Waals surface area contributed by atoms with Gasteiger partial charge in [-0.25, -0.2) is 0 Å². The molecule has 3 aromatic carbocycles. The summed E-state index contributed by atoms with van der Waals surface area (Å²) < 4.78 is 12.8. The Hall–Kier alpha value is -3.38. The summed E-state index contributed by atoms with van der Waals surface area (Å²) in [4.78, 5) is 28.9. The summed E-state index contributed by atoms with van der Waals surface area (Å²) in [6.45, 7) is 2.86. The lowest BCUT2D eigenvalue weighted by atomic mass is 9.98. The molecule has 0 aliphatic carbocycles. The topological polar surface area (TPSA) is 59.8 Å². The fourth-order valence-corrected chi connectivity index (χ4v) is 4.98. The number of benzene rings is 3. The van der Waals surface area contributed by atoms with Crippen LogP contribution in [-0.4, -0.2) is 12.5 Å². The first-order valence-electron chi connectivity index (χ1n) is 12.0. The normalized spacial score (nSPS) is 15.0. The molecule has 2 heterocycles. The molecule has 1 aliphatic rings. The lowest BCUT2D eigenvalue weighted by Gasteiger charge is -2.25. The number of carbonyl (C=O) groups excluding carboxylic acids is 1. The Morgan fingerprint density at radius 2 is 1.74 bits per heavy atom. The van der Waals surface area contributed by atoms with E-state index in [1.165, 1.54) is 12.8 Å². The second-order valence-corrected chi connectivity index (χ2v) is 9.62. The van der Waals surface area contributed by atoms with E-state index in [1.807, 2.05) is 48.5 Å². The summed E-state index contributed by atoms with van der Waals surface area (Å²) in [7, 11) is 0. The zero-order chi connectivity index (χ0) is 24.4. The fraction of sp³-hybridized carbons (Fsp3) is 0.241. The highest BCUT2D eigenvalue weighted by molar-refractivity contribution is 9.10. The van der Waals surface area contributed by atoms with Gasteiger partial charge in [0, 0.05) is 10.2 Å². The van der Waals surface area contributed by atoms with Crippen LogP contribution in [0.15, 0.2) is 86.5 Å². The van der Waals surface area contributed by atoms with E-state index in [0.717, 1.165) is 28.6 Å². The maximum absolute atomic E-state index is 13.6. The number of amides is 1. The molecule has 0 saturated heterocycles. The van der Waals surface area contributed by atoms with Gasteiger partial charge in [-0.15, -0.1) is 0 Å². The lowest BCUT2D eigenvalue weighted by Crippen LogP contribution is -2.29. The molecule has 178 valence electrons. The zero-order valence-electron chi connectivity index (χ0n) is 19.5. The molecule has 1 amide bonds. The molecule has 6 heteroatoms. The second kappa shape index (κ2) is 10.1. The average Bonchev–Trinajstić information content (AvgIpc) is 3.17. The molecule has 1 atom stereocenters. The molecule has 0 saturated carbocycles. The average molecular weight is 532 g/mol. The van der Waals surface area contributed by atoms with Crippen LogP contribution < -0.4 is 15.1 Å². The van der Waals surface area contributed by atoms with Gasteiger partial charge in [-0.2, -0.15) is 0 Å². The Morgan fingerprint density at radius 1 is 0.943 bits per heavy atom. The molecule has 1 aliphatic heterocycles. The van der Waals surface area contributed by atoms with Gasteiger partial charge < -0.3 is 9.15 Å². The molecule has 5 nitrogen and oxygen atoms in total. The number of fused-ring (bicyclic) bond motifs is 2. The van der Waals surface area contributed by atoms with Crippen LogP contribution in [0.4, 0.5) is 5.69 Å². The van der Waals surface area contributed by atoms with Crippen molar-refractivity contribution in [3.8, 4) is 5.75 Å². The molecule has 1 unspecified atom stereocenters. The van der Waals surface area contributed by atoms with Crippen molar-refractivity contribution in [1.29, 1.82) is 0 Å². The van der Waals surface area contributed by atoms with Crippen molar-refractivity contribution in [2.45, 2.75) is 38.6 Å². The minimum atomic E-state index is -0.605. The predicted molar refractivity (Wildman–Crippen MR) is 141 cm³/mol. The Balaban J connectivity index is 1.56. The van der Waals surface area contributed by atoms with Gasteiger partial charge in [-0.3, -0.25) is 14.5 Å². The van der Waals surface area contributed by atoms with Gasteiger partial charge in [-0.1, -0.05) is 72.4 Å². The first kappa shape index (κ1) is 23.4. The van der Waals surface area contributed by atoms with Crippen molar-refractivity contribution in [3.05, 3.63) is 104 Å². The first-order chi connectivity index (χ1) is 17.1. The quantitative estimate of drug-likeness (QED) is 0.224. The van der Waals surface area contributed by atoms with Gasteiger partial charge >= 0.3 is 0 Å². The van der Waals surface area contributed by atoms with Crippen LogP contribution in [0.25, 0.3) is 11.0 Å². The molecule has 0 bridgehead atoms. The molecule has 35 heavy (non-hydrogen) atoms. The Morgan fingerprint density at radius 3 is 2.51 bits per heavy atom. The number of nitrogens with zero attached hydrogens (tertiary/aromatic N) is 1. The van der Waals surface area contributed by atoms with Crippen molar-refractivity contribution in [2.75, 3.05) is 11.5 Å². The zero-order valence-corrected chi connectivity index (χ0v) is 21.1. The van der Waals surface area contributed by atoms with Crippen molar-refractivity contribution < 1.29 is 13.9 Å². The van der Waals surface area contributed by atoms with E-state index >= 15 is 0 Å². The maximum Gasteiger partial charge on any atom is 0.295 e. The number of hydrogen-bond donors (Lipinski definition) is 0. The van der Waals surface area contributed by atoms with Crippen molar-refractivity contribution in [3.63, 3.8) is 0 Å². The first-order valence-corrected chi connectivity index (χ1v) is 12.8. The predicted octanol–water partition coefficient (Wildman–Crippen LogP) is 7.26. The molecule has 0 spiro atoms. The molecular weight excluding hydrogens is 506 g/mol. The number of carbonyl (C=O) groups is 1.